The largest absolute Gasteiger partial charge is 0.463 e. The van der Waals surface area contributed by atoms with Gasteiger partial charge >= 0.3 is 5.97 Å². The van der Waals surface area contributed by atoms with Crippen LogP contribution in [0.1, 0.15) is 65.7 Å². The van der Waals surface area contributed by atoms with Gasteiger partial charge in [-0.3, -0.25) is 9.59 Å². The van der Waals surface area contributed by atoms with E-state index in [0.29, 0.717) is 25.7 Å². The van der Waals surface area contributed by atoms with E-state index in [4.69, 9.17) is 9.47 Å². The highest BCUT2D eigenvalue weighted by Gasteiger charge is 2.43. The van der Waals surface area contributed by atoms with E-state index in [1.54, 1.807) is 28.5 Å². The van der Waals surface area contributed by atoms with Gasteiger partial charge in [-0.2, -0.15) is 0 Å². The predicted octanol–water partition coefficient (Wildman–Crippen LogP) is 2.10. The minimum atomic E-state index is -1.33. The number of aliphatic hydroxyl groups is 4. The SMILES string of the molecule is C/C(=C\C(=O)OCCCCCCCC(=O)NC1C(=O)NC2=CSSC21)[C@H](O)[C@@H]1OC[C@H](C/C=C/[C@H](C)[C@H](C)O)[C@@H](O)[C@@H]1O. The Morgan fingerprint density at radius 2 is 1.88 bits per heavy atom. The lowest BCUT2D eigenvalue weighted by Crippen LogP contribution is -2.54. The number of amides is 2. The molecule has 43 heavy (non-hydrogen) atoms. The molecule has 2 unspecified atom stereocenters. The number of aliphatic hydroxyl groups excluding tert-OH is 4. The normalized spacial score (nSPS) is 29.5. The molecule has 6 N–H and O–H groups in total. The molecule has 2 saturated heterocycles. The molecule has 3 heterocycles. The van der Waals surface area contributed by atoms with Crippen molar-refractivity contribution in [2.75, 3.05) is 13.2 Å². The van der Waals surface area contributed by atoms with Crippen molar-refractivity contribution in [1.82, 2.24) is 10.6 Å². The first-order valence-electron chi connectivity index (χ1n) is 15.0. The third-order valence-electron chi connectivity index (χ3n) is 8.04. The van der Waals surface area contributed by atoms with E-state index in [9.17, 15) is 34.8 Å². The summed E-state index contributed by atoms with van der Waals surface area (Å²) in [5.41, 5.74) is 1.12. The van der Waals surface area contributed by atoms with Crippen LogP contribution in [-0.2, 0) is 23.9 Å². The molecule has 2 fully saturated rings. The molecule has 0 spiro atoms. The smallest absolute Gasteiger partial charge is 0.330 e. The number of rotatable bonds is 16. The summed E-state index contributed by atoms with van der Waals surface area (Å²) in [7, 11) is 3.12. The Kier molecular flexibility index (Phi) is 14.6. The van der Waals surface area contributed by atoms with Crippen LogP contribution >= 0.6 is 21.6 Å². The monoisotopic (exact) mass is 642 g/mol. The van der Waals surface area contributed by atoms with Crippen molar-refractivity contribution in [1.29, 1.82) is 0 Å². The summed E-state index contributed by atoms with van der Waals surface area (Å²) in [5.74, 6) is -1.30. The first-order chi connectivity index (χ1) is 20.5. The second kappa shape index (κ2) is 17.6. The van der Waals surface area contributed by atoms with Gasteiger partial charge in [-0.15, -0.1) is 0 Å². The summed E-state index contributed by atoms with van der Waals surface area (Å²) >= 11 is 0. The van der Waals surface area contributed by atoms with Gasteiger partial charge in [-0.05, 0) is 44.6 Å². The van der Waals surface area contributed by atoms with Crippen molar-refractivity contribution >= 4 is 39.4 Å². The lowest BCUT2D eigenvalue weighted by molar-refractivity contribution is -0.187. The van der Waals surface area contributed by atoms with E-state index in [1.165, 1.54) is 13.0 Å². The Morgan fingerprint density at radius 3 is 2.63 bits per heavy atom. The Morgan fingerprint density at radius 1 is 1.16 bits per heavy atom. The zero-order valence-corrected chi connectivity index (χ0v) is 26.6. The molecule has 0 aromatic heterocycles. The average molecular weight is 643 g/mol. The second-order valence-electron chi connectivity index (χ2n) is 11.5. The molecule has 3 aliphatic heterocycles. The maximum atomic E-state index is 12.3. The Hall–Kier alpha value is -1.87. The van der Waals surface area contributed by atoms with Gasteiger partial charge in [-0.1, -0.05) is 59.9 Å². The molecule has 2 amide bonds. The summed E-state index contributed by atoms with van der Waals surface area (Å²) in [5, 5.41) is 48.9. The van der Waals surface area contributed by atoms with Crippen molar-refractivity contribution in [3.8, 4) is 0 Å². The lowest BCUT2D eigenvalue weighted by atomic mass is 9.86. The fraction of sp³-hybridized carbons (Fsp3) is 0.700. The van der Waals surface area contributed by atoms with E-state index in [0.717, 1.165) is 25.0 Å². The molecular formula is C30H46N2O9S2. The molecule has 0 aromatic rings. The van der Waals surface area contributed by atoms with Crippen LogP contribution < -0.4 is 10.6 Å². The van der Waals surface area contributed by atoms with E-state index in [1.807, 2.05) is 24.5 Å². The van der Waals surface area contributed by atoms with Crippen LogP contribution in [0.2, 0.25) is 0 Å². The van der Waals surface area contributed by atoms with Gasteiger partial charge in [0.05, 0.1) is 30.7 Å². The Bertz CT molecular complexity index is 1050. The standard InChI is InChI=1S/C30H46N2O9S2/c1-17(19(3)33)10-9-11-20-15-41-28(27(38)26(20)37)25(36)18(2)14-23(35)40-13-8-6-4-5-7-12-22(34)32-24-29-21(16-42-43-29)31-30(24)39/h9-10,14,16-17,19-20,24-29,33,36-38H,4-8,11-13,15H2,1-3H3,(H,31,39)(H,32,34)/b10-9+,18-14+/t17-,19-,20-,24?,25-,26+,27-,28-,29?/m0/s1. The maximum absolute atomic E-state index is 12.3. The first-order valence-corrected chi connectivity index (χ1v) is 17.2. The number of fused-ring (bicyclic) bond motifs is 1. The Labute approximate surface area is 261 Å². The number of allylic oxidation sites excluding steroid dienone is 1. The van der Waals surface area contributed by atoms with Crippen LogP contribution in [0.25, 0.3) is 0 Å². The molecule has 0 saturated carbocycles. The third kappa shape index (κ3) is 10.6. The molecule has 0 radical (unpaired) electrons. The zero-order valence-electron chi connectivity index (χ0n) is 25.0. The third-order valence-corrected chi connectivity index (χ3v) is 10.5. The quantitative estimate of drug-likeness (QED) is 0.0478. The van der Waals surface area contributed by atoms with Crippen LogP contribution in [0.3, 0.4) is 0 Å². The summed E-state index contributed by atoms with van der Waals surface area (Å²) < 4.78 is 10.9. The highest BCUT2D eigenvalue weighted by molar-refractivity contribution is 8.78. The van der Waals surface area contributed by atoms with Crippen molar-refractivity contribution in [3.63, 3.8) is 0 Å². The van der Waals surface area contributed by atoms with Gasteiger partial charge in [-0.25, -0.2) is 4.79 Å². The summed E-state index contributed by atoms with van der Waals surface area (Å²) in [6.45, 7) is 5.46. The molecule has 13 heteroatoms. The van der Waals surface area contributed by atoms with E-state index < -0.39 is 42.5 Å². The first kappa shape index (κ1) is 35.6. The molecule has 242 valence electrons. The van der Waals surface area contributed by atoms with Crippen LogP contribution in [-0.4, -0.2) is 93.2 Å². The second-order valence-corrected chi connectivity index (χ2v) is 13.8. The van der Waals surface area contributed by atoms with Crippen molar-refractivity contribution in [3.05, 3.63) is 34.9 Å². The number of hydrogen-bond donors (Lipinski definition) is 6. The van der Waals surface area contributed by atoms with Gasteiger partial charge in [0, 0.05) is 29.5 Å². The van der Waals surface area contributed by atoms with Crippen molar-refractivity contribution in [2.24, 2.45) is 11.8 Å². The van der Waals surface area contributed by atoms with Gasteiger partial charge < -0.3 is 40.5 Å². The topological polar surface area (TPSA) is 175 Å². The number of nitrogens with one attached hydrogen (secondary N) is 2. The molecule has 0 aromatic carbocycles. The molecule has 0 bridgehead atoms. The van der Waals surface area contributed by atoms with Gasteiger partial charge in [0.2, 0.25) is 11.8 Å². The van der Waals surface area contributed by atoms with Crippen LogP contribution in [0.5, 0.6) is 0 Å². The Balaban J connectivity index is 1.26. The molecule has 11 nitrogen and oxygen atoms in total. The van der Waals surface area contributed by atoms with Crippen LogP contribution in [0, 0.1) is 11.8 Å². The summed E-state index contributed by atoms with van der Waals surface area (Å²) in [6, 6.07) is -0.518. The minimum Gasteiger partial charge on any atom is -0.463 e. The number of esters is 1. The number of carbonyl (C=O) groups excluding carboxylic acids is 3. The molecule has 9 atom stereocenters. The number of ether oxygens (including phenoxy) is 2. The minimum absolute atomic E-state index is 0.0374. The number of carbonyl (C=O) groups is 3. The molecule has 3 rings (SSSR count). The highest BCUT2D eigenvalue weighted by Crippen LogP contribution is 2.43. The summed E-state index contributed by atoms with van der Waals surface area (Å²) in [4.78, 5) is 36.5. The van der Waals surface area contributed by atoms with Crippen molar-refractivity contribution < 1.29 is 44.3 Å². The van der Waals surface area contributed by atoms with Gasteiger partial charge in [0.15, 0.2) is 0 Å². The lowest BCUT2D eigenvalue weighted by Gasteiger charge is -2.39. The van der Waals surface area contributed by atoms with E-state index in [-0.39, 0.29) is 47.7 Å². The van der Waals surface area contributed by atoms with Crippen LogP contribution in [0.15, 0.2) is 34.9 Å². The molecular weight excluding hydrogens is 596 g/mol. The predicted molar refractivity (Wildman–Crippen MR) is 165 cm³/mol. The van der Waals surface area contributed by atoms with Crippen molar-refractivity contribution in [2.45, 2.75) is 108 Å². The van der Waals surface area contributed by atoms with Gasteiger partial charge in [0.25, 0.3) is 0 Å². The summed E-state index contributed by atoms with van der Waals surface area (Å²) in [6.07, 6.45) is 4.27. The average Bonchev–Trinajstić information content (AvgIpc) is 3.53. The van der Waals surface area contributed by atoms with E-state index in [2.05, 4.69) is 10.6 Å². The fourth-order valence-electron chi connectivity index (χ4n) is 5.02. The number of hydrogen-bond acceptors (Lipinski definition) is 11. The zero-order chi connectivity index (χ0) is 31.5. The fourth-order valence-corrected chi connectivity index (χ4v) is 7.61. The van der Waals surface area contributed by atoms with Crippen LogP contribution in [0.4, 0.5) is 0 Å². The van der Waals surface area contributed by atoms with Gasteiger partial charge in [0.1, 0.15) is 24.4 Å². The number of unbranched alkanes of at least 4 members (excludes halogenated alkanes) is 4. The highest BCUT2D eigenvalue weighted by atomic mass is 33.1. The maximum Gasteiger partial charge on any atom is 0.330 e. The molecule has 3 aliphatic rings. The van der Waals surface area contributed by atoms with E-state index >= 15 is 0 Å². The molecule has 0 aliphatic carbocycles.